The molecule has 0 aliphatic carbocycles. The van der Waals surface area contributed by atoms with E-state index in [1.807, 2.05) is 19.2 Å². The second kappa shape index (κ2) is 5.93. The second-order valence-corrected chi connectivity index (χ2v) is 4.16. The monoisotopic (exact) mass is 211 g/mol. The summed E-state index contributed by atoms with van der Waals surface area (Å²) in [4.78, 5) is 0. The smallest absolute Gasteiger partial charge is 0.129 e. The van der Waals surface area contributed by atoms with E-state index in [1.165, 1.54) is 0 Å². The molecule has 0 aliphatic rings. The van der Waals surface area contributed by atoms with E-state index in [-0.39, 0.29) is 6.10 Å². The molecule has 3 heteroatoms. The minimum absolute atomic E-state index is 0.267. The van der Waals surface area contributed by atoms with Crippen LogP contribution in [0.1, 0.15) is 32.3 Å². The summed E-state index contributed by atoms with van der Waals surface area (Å²) in [6.07, 6.45) is 0.267. The average Bonchev–Trinajstić information content (AvgIpc) is 2.62. The minimum Gasteiger partial charge on any atom is -0.462 e. The Labute approximate surface area is 91.8 Å². The highest BCUT2D eigenvalue weighted by molar-refractivity contribution is 5.06. The van der Waals surface area contributed by atoms with Crippen molar-refractivity contribution in [3.05, 3.63) is 23.7 Å². The summed E-state index contributed by atoms with van der Waals surface area (Å²) in [6, 6.07) is 3.95. The Morgan fingerprint density at radius 1 is 1.27 bits per heavy atom. The van der Waals surface area contributed by atoms with Crippen LogP contribution >= 0.6 is 0 Å². The van der Waals surface area contributed by atoms with Crippen LogP contribution in [0.5, 0.6) is 0 Å². The Morgan fingerprint density at radius 2 is 1.93 bits per heavy atom. The third-order valence-electron chi connectivity index (χ3n) is 2.50. The Kier molecular flexibility index (Phi) is 4.85. The molecule has 1 aromatic rings. The predicted molar refractivity (Wildman–Crippen MR) is 60.6 cm³/mol. The van der Waals surface area contributed by atoms with Crippen molar-refractivity contribution in [1.82, 2.24) is 5.32 Å². The fourth-order valence-electron chi connectivity index (χ4n) is 1.18. The lowest BCUT2D eigenvalue weighted by Gasteiger charge is -2.15. The third kappa shape index (κ3) is 4.06. The van der Waals surface area contributed by atoms with Crippen molar-refractivity contribution in [1.29, 1.82) is 0 Å². The summed E-state index contributed by atoms with van der Waals surface area (Å²) in [5, 5.41) is 3.05. The van der Waals surface area contributed by atoms with Gasteiger partial charge in [-0.25, -0.2) is 0 Å². The van der Waals surface area contributed by atoms with Crippen molar-refractivity contribution in [2.75, 3.05) is 7.05 Å². The summed E-state index contributed by atoms with van der Waals surface area (Å²) in [5.41, 5.74) is 0. The van der Waals surface area contributed by atoms with E-state index in [9.17, 15) is 0 Å². The van der Waals surface area contributed by atoms with Crippen LogP contribution in [0.25, 0.3) is 0 Å². The molecule has 1 N–H and O–H groups in total. The largest absolute Gasteiger partial charge is 0.462 e. The van der Waals surface area contributed by atoms with E-state index in [0.29, 0.717) is 12.5 Å². The SMILES string of the molecule is CNCc1ccc(COC(C)C(C)C)o1. The van der Waals surface area contributed by atoms with Gasteiger partial charge < -0.3 is 14.5 Å². The van der Waals surface area contributed by atoms with Crippen molar-refractivity contribution >= 4 is 0 Å². The Bertz CT molecular complexity index is 281. The van der Waals surface area contributed by atoms with E-state index >= 15 is 0 Å². The number of furan rings is 1. The van der Waals surface area contributed by atoms with Gasteiger partial charge >= 0.3 is 0 Å². The van der Waals surface area contributed by atoms with Crippen LogP contribution in [0.3, 0.4) is 0 Å². The summed E-state index contributed by atoms with van der Waals surface area (Å²) in [6.45, 7) is 7.71. The molecule has 0 radical (unpaired) electrons. The molecule has 0 aromatic carbocycles. The topological polar surface area (TPSA) is 34.4 Å². The highest BCUT2D eigenvalue weighted by Crippen LogP contribution is 2.12. The zero-order valence-electron chi connectivity index (χ0n) is 10.0. The van der Waals surface area contributed by atoms with Crippen LogP contribution in [0.4, 0.5) is 0 Å². The number of hydrogen-bond acceptors (Lipinski definition) is 3. The van der Waals surface area contributed by atoms with Gasteiger partial charge in [-0.15, -0.1) is 0 Å². The maximum atomic E-state index is 5.67. The molecule has 0 spiro atoms. The predicted octanol–water partition coefficient (Wildman–Crippen LogP) is 2.56. The van der Waals surface area contributed by atoms with E-state index in [4.69, 9.17) is 9.15 Å². The van der Waals surface area contributed by atoms with E-state index in [1.54, 1.807) is 0 Å². The first-order chi connectivity index (χ1) is 7.13. The van der Waals surface area contributed by atoms with E-state index in [2.05, 4.69) is 26.1 Å². The lowest BCUT2D eigenvalue weighted by atomic mass is 10.1. The maximum Gasteiger partial charge on any atom is 0.129 e. The molecule has 0 saturated heterocycles. The molecular formula is C12H21NO2. The summed E-state index contributed by atoms with van der Waals surface area (Å²) < 4.78 is 11.2. The normalized spacial score (nSPS) is 13.4. The highest BCUT2D eigenvalue weighted by atomic mass is 16.5. The highest BCUT2D eigenvalue weighted by Gasteiger charge is 2.08. The lowest BCUT2D eigenvalue weighted by Crippen LogP contribution is -2.14. The van der Waals surface area contributed by atoms with Gasteiger partial charge in [0.1, 0.15) is 18.1 Å². The molecule has 0 saturated carbocycles. The first-order valence-electron chi connectivity index (χ1n) is 5.47. The van der Waals surface area contributed by atoms with Gasteiger partial charge in [0.05, 0.1) is 12.6 Å². The average molecular weight is 211 g/mol. The van der Waals surface area contributed by atoms with Gasteiger partial charge in [-0.3, -0.25) is 0 Å². The zero-order chi connectivity index (χ0) is 11.3. The summed E-state index contributed by atoms with van der Waals surface area (Å²) in [7, 11) is 1.90. The Morgan fingerprint density at radius 3 is 2.53 bits per heavy atom. The molecule has 15 heavy (non-hydrogen) atoms. The lowest BCUT2D eigenvalue weighted by molar-refractivity contribution is 0.0145. The maximum absolute atomic E-state index is 5.67. The van der Waals surface area contributed by atoms with Crippen molar-refractivity contribution in [3.63, 3.8) is 0 Å². The number of hydrogen-bond donors (Lipinski definition) is 1. The molecule has 1 rings (SSSR count). The molecule has 0 bridgehead atoms. The Hall–Kier alpha value is -0.800. The zero-order valence-corrected chi connectivity index (χ0v) is 10.0. The van der Waals surface area contributed by atoms with Crippen LogP contribution in [0.2, 0.25) is 0 Å². The van der Waals surface area contributed by atoms with Crippen LogP contribution in [0, 0.1) is 5.92 Å². The molecule has 3 nitrogen and oxygen atoms in total. The molecule has 0 amide bonds. The fraction of sp³-hybridized carbons (Fsp3) is 0.667. The van der Waals surface area contributed by atoms with Gasteiger partial charge in [0.2, 0.25) is 0 Å². The first-order valence-corrected chi connectivity index (χ1v) is 5.47. The van der Waals surface area contributed by atoms with Crippen molar-refractivity contribution in [2.24, 2.45) is 5.92 Å². The quantitative estimate of drug-likeness (QED) is 0.785. The molecule has 0 fully saturated rings. The first kappa shape index (κ1) is 12.3. The molecule has 86 valence electrons. The van der Waals surface area contributed by atoms with Gasteiger partial charge in [0, 0.05) is 0 Å². The third-order valence-corrected chi connectivity index (χ3v) is 2.50. The van der Waals surface area contributed by atoms with Crippen LogP contribution in [-0.4, -0.2) is 13.2 Å². The molecule has 1 unspecified atom stereocenters. The summed E-state index contributed by atoms with van der Waals surface area (Å²) in [5.74, 6) is 2.39. The van der Waals surface area contributed by atoms with E-state index in [0.717, 1.165) is 18.1 Å². The number of nitrogens with one attached hydrogen (secondary N) is 1. The molecule has 1 atom stereocenters. The fourth-order valence-corrected chi connectivity index (χ4v) is 1.18. The molecular weight excluding hydrogens is 190 g/mol. The molecule has 1 aromatic heterocycles. The van der Waals surface area contributed by atoms with Crippen molar-refractivity contribution in [3.8, 4) is 0 Å². The van der Waals surface area contributed by atoms with Gasteiger partial charge in [0.15, 0.2) is 0 Å². The van der Waals surface area contributed by atoms with Gasteiger partial charge in [-0.05, 0) is 32.0 Å². The van der Waals surface area contributed by atoms with Gasteiger partial charge in [0.25, 0.3) is 0 Å². The summed E-state index contributed by atoms with van der Waals surface area (Å²) >= 11 is 0. The van der Waals surface area contributed by atoms with Gasteiger partial charge in [-0.1, -0.05) is 13.8 Å². The Balaban J connectivity index is 2.37. The van der Waals surface area contributed by atoms with Crippen LogP contribution in [0.15, 0.2) is 16.5 Å². The van der Waals surface area contributed by atoms with Crippen LogP contribution < -0.4 is 5.32 Å². The standard InChI is InChI=1S/C12H21NO2/c1-9(2)10(3)14-8-12-6-5-11(15-12)7-13-4/h5-6,9-10,13H,7-8H2,1-4H3. The van der Waals surface area contributed by atoms with Gasteiger partial charge in [-0.2, -0.15) is 0 Å². The minimum atomic E-state index is 0.267. The van der Waals surface area contributed by atoms with E-state index < -0.39 is 0 Å². The van der Waals surface area contributed by atoms with Crippen LogP contribution in [-0.2, 0) is 17.9 Å². The molecule has 0 aliphatic heterocycles. The second-order valence-electron chi connectivity index (χ2n) is 4.16. The van der Waals surface area contributed by atoms with Crippen molar-refractivity contribution < 1.29 is 9.15 Å². The number of rotatable bonds is 6. The number of ether oxygens (including phenoxy) is 1. The van der Waals surface area contributed by atoms with Crippen molar-refractivity contribution in [2.45, 2.75) is 40.0 Å². The molecule has 1 heterocycles.